The summed E-state index contributed by atoms with van der Waals surface area (Å²) in [5.74, 6) is 0.627. The molecule has 0 bridgehead atoms. The van der Waals surface area contributed by atoms with Gasteiger partial charge in [-0.15, -0.1) is 0 Å². The van der Waals surface area contributed by atoms with Gasteiger partial charge in [-0.05, 0) is 24.3 Å². The molecule has 0 saturated heterocycles. The third-order valence-electron chi connectivity index (χ3n) is 1.92. The summed E-state index contributed by atoms with van der Waals surface area (Å²) in [5.41, 5.74) is 0.646. The molecule has 0 saturated carbocycles. The number of benzene rings is 1. The number of halogens is 1. The van der Waals surface area contributed by atoms with Gasteiger partial charge < -0.3 is 9.62 Å². The molecule has 76 valence electrons. The normalized spacial score (nSPS) is 11.0. The molecule has 0 aliphatic heterocycles. The van der Waals surface area contributed by atoms with Crippen molar-refractivity contribution >= 4 is 6.21 Å². The molecule has 1 aromatic carbocycles. The lowest BCUT2D eigenvalue weighted by molar-refractivity contribution is 0.321. The van der Waals surface area contributed by atoms with E-state index in [2.05, 4.69) is 5.16 Å². The summed E-state index contributed by atoms with van der Waals surface area (Å²) >= 11 is 0. The zero-order valence-electron chi connectivity index (χ0n) is 7.72. The number of rotatable bonds is 2. The zero-order valence-corrected chi connectivity index (χ0v) is 7.72. The Labute approximate surface area is 85.5 Å². The van der Waals surface area contributed by atoms with Crippen LogP contribution in [0, 0.1) is 5.82 Å². The fourth-order valence-electron chi connectivity index (χ4n) is 1.28. The van der Waals surface area contributed by atoms with Crippen LogP contribution in [0.25, 0.3) is 11.3 Å². The van der Waals surface area contributed by atoms with Crippen LogP contribution in [0.1, 0.15) is 5.76 Å². The summed E-state index contributed by atoms with van der Waals surface area (Å²) in [6.45, 7) is 0. The Balaban J connectivity index is 2.37. The van der Waals surface area contributed by atoms with Gasteiger partial charge in [-0.3, -0.25) is 0 Å². The predicted molar refractivity (Wildman–Crippen MR) is 53.5 cm³/mol. The summed E-state index contributed by atoms with van der Waals surface area (Å²) in [6.07, 6.45) is 1.17. The number of nitrogens with zero attached hydrogens (tertiary/aromatic N) is 1. The second-order valence-corrected chi connectivity index (χ2v) is 2.96. The number of oxime groups is 1. The van der Waals surface area contributed by atoms with E-state index in [1.807, 2.05) is 0 Å². The van der Waals surface area contributed by atoms with Crippen molar-refractivity contribution in [1.29, 1.82) is 0 Å². The van der Waals surface area contributed by atoms with Gasteiger partial charge in [0, 0.05) is 5.56 Å². The van der Waals surface area contributed by atoms with E-state index in [-0.39, 0.29) is 5.82 Å². The van der Waals surface area contributed by atoms with E-state index in [0.717, 1.165) is 0 Å². The SMILES string of the molecule is ON=Cc1ccc(-c2cccc(F)c2)o1. The fraction of sp³-hybridized carbons (Fsp3) is 0. The van der Waals surface area contributed by atoms with Gasteiger partial charge in [-0.1, -0.05) is 17.3 Å². The van der Waals surface area contributed by atoms with Crippen LogP contribution in [0.4, 0.5) is 4.39 Å². The number of hydrogen-bond donors (Lipinski definition) is 1. The Bertz CT molecular complexity index is 491. The Hall–Kier alpha value is -2.10. The van der Waals surface area contributed by atoms with Gasteiger partial charge in [0.1, 0.15) is 23.6 Å². The molecule has 0 unspecified atom stereocenters. The highest BCUT2D eigenvalue weighted by atomic mass is 19.1. The molecular weight excluding hydrogens is 197 g/mol. The van der Waals surface area contributed by atoms with Crippen LogP contribution in [-0.2, 0) is 0 Å². The first-order chi connectivity index (χ1) is 7.29. The van der Waals surface area contributed by atoms with Crippen molar-refractivity contribution in [2.24, 2.45) is 5.16 Å². The molecule has 0 aliphatic carbocycles. The van der Waals surface area contributed by atoms with Crippen LogP contribution >= 0.6 is 0 Å². The molecule has 1 aromatic heterocycles. The van der Waals surface area contributed by atoms with Crippen LogP contribution in [0.5, 0.6) is 0 Å². The highest BCUT2D eigenvalue weighted by molar-refractivity contribution is 5.76. The first-order valence-electron chi connectivity index (χ1n) is 4.33. The van der Waals surface area contributed by atoms with Crippen LogP contribution in [0.15, 0.2) is 46.0 Å². The Morgan fingerprint density at radius 3 is 2.87 bits per heavy atom. The van der Waals surface area contributed by atoms with Gasteiger partial charge in [-0.25, -0.2) is 4.39 Å². The topological polar surface area (TPSA) is 45.7 Å². The fourth-order valence-corrected chi connectivity index (χ4v) is 1.28. The van der Waals surface area contributed by atoms with Crippen LogP contribution in [0.3, 0.4) is 0 Å². The second kappa shape index (κ2) is 3.96. The van der Waals surface area contributed by atoms with E-state index >= 15 is 0 Å². The van der Waals surface area contributed by atoms with Crippen molar-refractivity contribution in [3.8, 4) is 11.3 Å². The summed E-state index contributed by atoms with van der Waals surface area (Å²) in [7, 11) is 0. The lowest BCUT2D eigenvalue weighted by atomic mass is 10.2. The summed E-state index contributed by atoms with van der Waals surface area (Å²) in [4.78, 5) is 0. The molecule has 0 spiro atoms. The Kier molecular flexibility index (Phi) is 2.49. The van der Waals surface area contributed by atoms with Crippen molar-refractivity contribution in [2.45, 2.75) is 0 Å². The van der Waals surface area contributed by atoms with Gasteiger partial charge in [0.2, 0.25) is 0 Å². The number of hydrogen-bond acceptors (Lipinski definition) is 3. The largest absolute Gasteiger partial charge is 0.455 e. The first-order valence-corrected chi connectivity index (χ1v) is 4.33. The molecule has 0 fully saturated rings. The minimum atomic E-state index is -0.318. The molecule has 0 atom stereocenters. The van der Waals surface area contributed by atoms with E-state index in [4.69, 9.17) is 9.62 Å². The molecule has 2 aromatic rings. The van der Waals surface area contributed by atoms with Gasteiger partial charge in [-0.2, -0.15) is 0 Å². The average molecular weight is 205 g/mol. The molecule has 4 heteroatoms. The highest BCUT2D eigenvalue weighted by Crippen LogP contribution is 2.21. The van der Waals surface area contributed by atoms with E-state index in [1.165, 1.54) is 18.3 Å². The van der Waals surface area contributed by atoms with Gasteiger partial charge in [0.05, 0.1) is 0 Å². The van der Waals surface area contributed by atoms with Gasteiger partial charge >= 0.3 is 0 Å². The summed E-state index contributed by atoms with van der Waals surface area (Å²) < 4.78 is 18.2. The standard InChI is InChI=1S/C11H8FNO2/c12-9-3-1-2-8(6-9)11-5-4-10(15-11)7-13-14/h1-7,14H. The van der Waals surface area contributed by atoms with Crippen LogP contribution in [0.2, 0.25) is 0 Å². The van der Waals surface area contributed by atoms with E-state index in [9.17, 15) is 4.39 Å². The molecular formula is C11H8FNO2. The van der Waals surface area contributed by atoms with E-state index in [0.29, 0.717) is 17.1 Å². The molecule has 0 aliphatic rings. The predicted octanol–water partition coefficient (Wildman–Crippen LogP) is 2.89. The molecule has 1 heterocycles. The molecule has 0 amide bonds. The van der Waals surface area contributed by atoms with Gasteiger partial charge in [0.15, 0.2) is 0 Å². The van der Waals surface area contributed by atoms with E-state index < -0.39 is 0 Å². The monoisotopic (exact) mass is 205 g/mol. The second-order valence-electron chi connectivity index (χ2n) is 2.96. The maximum atomic E-state index is 12.9. The Morgan fingerprint density at radius 2 is 2.13 bits per heavy atom. The third kappa shape index (κ3) is 2.04. The quantitative estimate of drug-likeness (QED) is 0.465. The smallest absolute Gasteiger partial charge is 0.149 e. The first kappa shape index (κ1) is 9.45. The minimum Gasteiger partial charge on any atom is -0.455 e. The average Bonchev–Trinajstić information content (AvgIpc) is 2.67. The maximum absolute atomic E-state index is 12.9. The molecule has 1 N–H and O–H groups in total. The summed E-state index contributed by atoms with van der Waals surface area (Å²) in [6, 6.07) is 9.40. The zero-order chi connectivity index (χ0) is 10.7. The number of furan rings is 1. The van der Waals surface area contributed by atoms with Gasteiger partial charge in [0.25, 0.3) is 0 Å². The molecule has 0 radical (unpaired) electrons. The van der Waals surface area contributed by atoms with Crippen molar-refractivity contribution < 1.29 is 14.0 Å². The molecule has 3 nitrogen and oxygen atoms in total. The molecule has 2 rings (SSSR count). The van der Waals surface area contributed by atoms with E-state index in [1.54, 1.807) is 24.3 Å². The minimum absolute atomic E-state index is 0.318. The maximum Gasteiger partial charge on any atom is 0.149 e. The van der Waals surface area contributed by atoms with Crippen LogP contribution in [-0.4, -0.2) is 11.4 Å². The lowest BCUT2D eigenvalue weighted by Crippen LogP contribution is -1.77. The van der Waals surface area contributed by atoms with Crippen molar-refractivity contribution in [1.82, 2.24) is 0 Å². The third-order valence-corrected chi connectivity index (χ3v) is 1.92. The van der Waals surface area contributed by atoms with Crippen LogP contribution < -0.4 is 0 Å². The summed E-state index contributed by atoms with van der Waals surface area (Å²) in [5, 5.41) is 11.1. The van der Waals surface area contributed by atoms with Crippen molar-refractivity contribution in [3.63, 3.8) is 0 Å². The Morgan fingerprint density at radius 1 is 1.27 bits per heavy atom. The van der Waals surface area contributed by atoms with Crippen molar-refractivity contribution in [2.75, 3.05) is 0 Å². The molecule has 15 heavy (non-hydrogen) atoms. The lowest BCUT2D eigenvalue weighted by Gasteiger charge is -1.95. The highest BCUT2D eigenvalue weighted by Gasteiger charge is 2.03. The van der Waals surface area contributed by atoms with Crippen molar-refractivity contribution in [3.05, 3.63) is 48.0 Å².